The van der Waals surface area contributed by atoms with E-state index in [4.69, 9.17) is 0 Å². The topological polar surface area (TPSA) is 0 Å². The lowest BCUT2D eigenvalue weighted by atomic mass is 9.68. The van der Waals surface area contributed by atoms with E-state index in [9.17, 15) is 0 Å². The molecule has 0 heterocycles. The normalized spacial score (nSPS) is 24.2. The van der Waals surface area contributed by atoms with E-state index in [1.165, 1.54) is 27.1 Å². The Bertz CT molecular complexity index is 860. The third-order valence-electron chi connectivity index (χ3n) is 5.21. The summed E-state index contributed by atoms with van der Waals surface area (Å²) in [4.78, 5) is 0. The van der Waals surface area contributed by atoms with Crippen molar-refractivity contribution in [2.45, 2.75) is 19.3 Å². The van der Waals surface area contributed by atoms with Gasteiger partial charge in [-0.1, -0.05) is 86.7 Å². The Balaban J connectivity index is 2.18. The van der Waals surface area contributed by atoms with Gasteiger partial charge >= 0.3 is 0 Å². The van der Waals surface area contributed by atoms with Gasteiger partial charge in [0.05, 0.1) is 0 Å². The van der Waals surface area contributed by atoms with Crippen molar-refractivity contribution in [1.82, 2.24) is 0 Å². The molecule has 0 heteroatoms. The standard InChI is InChI=1S/C22H20/c1-16-9-7-8-14-22(16,2)21-19-12-5-3-10-17(19)15-18-11-4-6-13-20(18)21/h3-16H,1-2H3. The van der Waals surface area contributed by atoms with Crippen LogP contribution in [0.15, 0.2) is 78.9 Å². The first-order valence-corrected chi connectivity index (χ1v) is 7.97. The number of benzene rings is 3. The van der Waals surface area contributed by atoms with Crippen molar-refractivity contribution in [2.75, 3.05) is 0 Å². The van der Waals surface area contributed by atoms with Crippen molar-refractivity contribution < 1.29 is 0 Å². The number of fused-ring (bicyclic) bond motifs is 2. The summed E-state index contributed by atoms with van der Waals surface area (Å²) < 4.78 is 0. The Morgan fingerprint density at radius 1 is 0.818 bits per heavy atom. The molecule has 2 unspecified atom stereocenters. The van der Waals surface area contributed by atoms with Gasteiger partial charge in [0, 0.05) is 5.41 Å². The monoisotopic (exact) mass is 284 g/mol. The third-order valence-corrected chi connectivity index (χ3v) is 5.21. The van der Waals surface area contributed by atoms with Gasteiger partial charge in [-0.25, -0.2) is 0 Å². The molecule has 0 nitrogen and oxygen atoms in total. The zero-order valence-electron chi connectivity index (χ0n) is 13.1. The van der Waals surface area contributed by atoms with Gasteiger partial charge in [-0.05, 0) is 39.1 Å². The summed E-state index contributed by atoms with van der Waals surface area (Å²) in [5.41, 5.74) is 1.48. The van der Waals surface area contributed by atoms with E-state index in [1.807, 2.05) is 0 Å². The lowest BCUT2D eigenvalue weighted by Gasteiger charge is -2.35. The van der Waals surface area contributed by atoms with Crippen LogP contribution in [0.5, 0.6) is 0 Å². The minimum Gasteiger partial charge on any atom is -0.0805 e. The molecule has 0 bridgehead atoms. The second-order valence-electron chi connectivity index (χ2n) is 6.51. The second kappa shape index (κ2) is 4.84. The van der Waals surface area contributed by atoms with Gasteiger partial charge in [-0.15, -0.1) is 0 Å². The minimum atomic E-state index is 0.0230. The number of rotatable bonds is 1. The summed E-state index contributed by atoms with van der Waals surface area (Å²) in [6, 6.07) is 19.8. The minimum absolute atomic E-state index is 0.0230. The summed E-state index contributed by atoms with van der Waals surface area (Å²) in [5.74, 6) is 0.478. The fourth-order valence-corrected chi connectivity index (χ4v) is 3.74. The maximum absolute atomic E-state index is 2.37. The van der Waals surface area contributed by atoms with E-state index in [1.54, 1.807) is 0 Å². The van der Waals surface area contributed by atoms with E-state index < -0.39 is 0 Å². The van der Waals surface area contributed by atoms with Crippen LogP contribution in [0.3, 0.4) is 0 Å². The van der Waals surface area contributed by atoms with E-state index in [-0.39, 0.29) is 5.41 Å². The SMILES string of the molecule is CC1C=CC=CC1(C)c1c2ccccc2cc2ccccc12. The molecule has 3 aromatic carbocycles. The predicted molar refractivity (Wildman–Crippen MR) is 96.3 cm³/mol. The summed E-state index contributed by atoms with van der Waals surface area (Å²) in [5, 5.41) is 5.39. The van der Waals surface area contributed by atoms with Gasteiger partial charge < -0.3 is 0 Å². The van der Waals surface area contributed by atoms with E-state index in [0.717, 1.165) is 0 Å². The molecule has 1 aliphatic carbocycles. The molecule has 4 rings (SSSR count). The molecule has 0 fully saturated rings. The zero-order chi connectivity index (χ0) is 15.2. The summed E-state index contributed by atoms with van der Waals surface area (Å²) in [6.45, 7) is 4.68. The summed E-state index contributed by atoms with van der Waals surface area (Å²) >= 11 is 0. The number of hydrogen-bond donors (Lipinski definition) is 0. The van der Waals surface area contributed by atoms with Crippen molar-refractivity contribution in [3.63, 3.8) is 0 Å². The average Bonchev–Trinajstić information content (AvgIpc) is 2.55. The van der Waals surface area contributed by atoms with Crippen LogP contribution < -0.4 is 0 Å². The Morgan fingerprint density at radius 3 is 2.00 bits per heavy atom. The van der Waals surface area contributed by atoms with Gasteiger partial charge in [-0.3, -0.25) is 0 Å². The maximum atomic E-state index is 2.37. The highest BCUT2D eigenvalue weighted by Gasteiger charge is 2.33. The maximum Gasteiger partial charge on any atom is 0.0179 e. The fourth-order valence-electron chi connectivity index (χ4n) is 3.74. The molecule has 0 saturated carbocycles. The largest absolute Gasteiger partial charge is 0.0805 e. The molecule has 1 aliphatic rings. The van der Waals surface area contributed by atoms with Crippen molar-refractivity contribution in [1.29, 1.82) is 0 Å². The van der Waals surface area contributed by atoms with Crippen LogP contribution in [0.25, 0.3) is 21.5 Å². The molecule has 0 aromatic heterocycles. The molecule has 22 heavy (non-hydrogen) atoms. The molecule has 0 aliphatic heterocycles. The quantitative estimate of drug-likeness (QED) is 0.480. The highest BCUT2D eigenvalue weighted by atomic mass is 14.4. The lowest BCUT2D eigenvalue weighted by molar-refractivity contribution is 0.464. The van der Waals surface area contributed by atoms with Crippen LogP contribution in [0.1, 0.15) is 19.4 Å². The molecular weight excluding hydrogens is 264 g/mol. The van der Waals surface area contributed by atoms with E-state index in [0.29, 0.717) is 5.92 Å². The van der Waals surface area contributed by atoms with Gasteiger partial charge in [0.1, 0.15) is 0 Å². The molecule has 0 N–H and O–H groups in total. The first-order chi connectivity index (χ1) is 10.7. The van der Waals surface area contributed by atoms with Crippen LogP contribution in [-0.4, -0.2) is 0 Å². The molecular formula is C22H20. The molecule has 0 amide bonds. The first kappa shape index (κ1) is 13.3. The van der Waals surface area contributed by atoms with Gasteiger partial charge in [0.15, 0.2) is 0 Å². The fraction of sp³-hybridized carbons (Fsp3) is 0.182. The molecule has 0 saturated heterocycles. The van der Waals surface area contributed by atoms with Crippen molar-refractivity contribution in [2.24, 2.45) is 5.92 Å². The molecule has 2 atom stereocenters. The van der Waals surface area contributed by atoms with Gasteiger partial charge in [0.2, 0.25) is 0 Å². The number of hydrogen-bond acceptors (Lipinski definition) is 0. The number of allylic oxidation sites excluding steroid dienone is 4. The van der Waals surface area contributed by atoms with Crippen LogP contribution in [0, 0.1) is 5.92 Å². The van der Waals surface area contributed by atoms with Crippen molar-refractivity contribution >= 4 is 21.5 Å². The Morgan fingerprint density at radius 2 is 1.41 bits per heavy atom. The second-order valence-corrected chi connectivity index (χ2v) is 6.51. The lowest BCUT2D eigenvalue weighted by Crippen LogP contribution is -2.28. The van der Waals surface area contributed by atoms with Crippen LogP contribution in [-0.2, 0) is 5.41 Å². The third kappa shape index (κ3) is 1.84. The highest BCUT2D eigenvalue weighted by Crippen LogP contribution is 2.43. The van der Waals surface area contributed by atoms with Crippen LogP contribution >= 0.6 is 0 Å². The van der Waals surface area contributed by atoms with Gasteiger partial charge in [-0.2, -0.15) is 0 Å². The average molecular weight is 284 g/mol. The Hall–Kier alpha value is -2.34. The zero-order valence-corrected chi connectivity index (χ0v) is 13.1. The van der Waals surface area contributed by atoms with Gasteiger partial charge in [0.25, 0.3) is 0 Å². The summed E-state index contributed by atoms with van der Waals surface area (Å²) in [7, 11) is 0. The predicted octanol–water partition coefficient (Wildman–Crippen LogP) is 6.01. The first-order valence-electron chi connectivity index (χ1n) is 7.97. The molecule has 0 spiro atoms. The molecule has 3 aromatic rings. The van der Waals surface area contributed by atoms with E-state index in [2.05, 4.69) is 92.7 Å². The van der Waals surface area contributed by atoms with Crippen LogP contribution in [0.4, 0.5) is 0 Å². The summed E-state index contributed by atoms with van der Waals surface area (Å²) in [6.07, 6.45) is 9.04. The van der Waals surface area contributed by atoms with Crippen LogP contribution in [0.2, 0.25) is 0 Å². The smallest absolute Gasteiger partial charge is 0.0179 e. The van der Waals surface area contributed by atoms with E-state index >= 15 is 0 Å². The Kier molecular flexibility index (Phi) is 2.94. The van der Waals surface area contributed by atoms with Crippen molar-refractivity contribution in [3.8, 4) is 0 Å². The highest BCUT2D eigenvalue weighted by molar-refractivity contribution is 6.03. The Labute approximate surface area is 131 Å². The van der Waals surface area contributed by atoms with Crippen molar-refractivity contribution in [3.05, 3.63) is 84.5 Å². The molecule has 0 radical (unpaired) electrons. The molecule has 108 valence electrons.